The second-order valence-electron chi connectivity index (χ2n) is 9.32. The number of benzene rings is 3. The Kier molecular flexibility index (Phi) is 8.67. The van der Waals surface area contributed by atoms with E-state index in [1.807, 2.05) is 48.7 Å². The van der Waals surface area contributed by atoms with Gasteiger partial charge in [-0.25, -0.2) is 18.1 Å². The summed E-state index contributed by atoms with van der Waals surface area (Å²) in [6.07, 6.45) is 4.08. The number of nitrogens with one attached hydrogen (secondary N) is 1. The van der Waals surface area contributed by atoms with Crippen LogP contribution in [0.25, 0.3) is 11.0 Å². The third-order valence-corrected chi connectivity index (χ3v) is 8.13. The lowest BCUT2D eigenvalue weighted by molar-refractivity contribution is 0.0981. The van der Waals surface area contributed by atoms with Crippen molar-refractivity contribution in [3.63, 3.8) is 0 Å². The molecule has 1 aromatic heterocycles. The van der Waals surface area contributed by atoms with Crippen LogP contribution >= 0.6 is 11.6 Å². The van der Waals surface area contributed by atoms with E-state index in [9.17, 15) is 13.2 Å². The molecule has 0 aliphatic heterocycles. The van der Waals surface area contributed by atoms with Crippen LogP contribution in [0.2, 0.25) is 5.02 Å². The molecular weight excluding hydrogens is 506 g/mol. The van der Waals surface area contributed by atoms with Crippen molar-refractivity contribution in [2.75, 3.05) is 5.75 Å². The van der Waals surface area contributed by atoms with Crippen molar-refractivity contribution in [3.8, 4) is 0 Å². The summed E-state index contributed by atoms with van der Waals surface area (Å²) in [4.78, 5) is 17.3. The van der Waals surface area contributed by atoms with Gasteiger partial charge in [0.05, 0.1) is 23.3 Å². The van der Waals surface area contributed by atoms with E-state index in [0.29, 0.717) is 18.0 Å². The van der Waals surface area contributed by atoms with Crippen molar-refractivity contribution in [2.24, 2.45) is 0 Å². The number of hydrogen-bond donors (Lipinski definition) is 1. The zero-order valence-electron chi connectivity index (χ0n) is 21.2. The Labute approximate surface area is 223 Å². The summed E-state index contributed by atoms with van der Waals surface area (Å²) in [6.45, 7) is 4.39. The van der Waals surface area contributed by atoms with Gasteiger partial charge >= 0.3 is 0 Å². The Morgan fingerprint density at radius 3 is 2.46 bits per heavy atom. The number of carbonyl (C=O) groups excluding carboxylic acids is 1. The summed E-state index contributed by atoms with van der Waals surface area (Å²) < 4.78 is 28.8. The predicted molar refractivity (Wildman–Crippen MR) is 150 cm³/mol. The van der Waals surface area contributed by atoms with E-state index in [-0.39, 0.29) is 11.3 Å². The van der Waals surface area contributed by atoms with Crippen molar-refractivity contribution < 1.29 is 13.2 Å². The largest absolute Gasteiger partial charge is 0.324 e. The summed E-state index contributed by atoms with van der Waals surface area (Å²) in [6, 6.07) is 21.5. The molecule has 4 rings (SSSR count). The fourth-order valence-corrected chi connectivity index (χ4v) is 5.70. The summed E-state index contributed by atoms with van der Waals surface area (Å²) >= 11 is 6.67. The average Bonchev–Trinajstić information content (AvgIpc) is 3.18. The molecule has 0 bridgehead atoms. The number of halogens is 1. The topological polar surface area (TPSA) is 81.1 Å². The van der Waals surface area contributed by atoms with Gasteiger partial charge in [0, 0.05) is 10.6 Å². The third-order valence-electron chi connectivity index (χ3n) is 6.46. The highest BCUT2D eigenvalue weighted by molar-refractivity contribution is 7.90. The van der Waals surface area contributed by atoms with E-state index in [1.54, 1.807) is 18.2 Å². The number of fused-ring (bicyclic) bond motifs is 1. The first-order chi connectivity index (χ1) is 17.8. The van der Waals surface area contributed by atoms with Gasteiger partial charge in [-0.2, -0.15) is 0 Å². The van der Waals surface area contributed by atoms with Gasteiger partial charge in [0.15, 0.2) is 0 Å². The van der Waals surface area contributed by atoms with Crippen LogP contribution in [0, 0.1) is 6.92 Å². The number of unbranched alkanes of at least 4 members (excludes halogenated alkanes) is 2. The number of aryl methyl sites for hydroxylation is 3. The molecule has 0 unspecified atom stereocenters. The van der Waals surface area contributed by atoms with E-state index in [4.69, 9.17) is 11.6 Å². The highest BCUT2D eigenvalue weighted by Crippen LogP contribution is 2.24. The van der Waals surface area contributed by atoms with Gasteiger partial charge in [-0.3, -0.25) is 4.79 Å². The van der Waals surface area contributed by atoms with Crippen LogP contribution in [0.15, 0.2) is 66.7 Å². The first kappa shape index (κ1) is 26.9. The Morgan fingerprint density at radius 1 is 0.973 bits per heavy atom. The standard InChI is InChI=1S/C29H32ClN3O3S/c1-3-4-8-17-37(35,36)32-29(34)24-15-16-27-28(19-24)33(21(2)31-27)20-25-14-13-23(18-26(25)30)12-11-22-9-6-5-7-10-22/h5-7,9-10,13-16,18-19H,3-4,8,11-12,17,20H2,1-2H3,(H,32,34). The van der Waals surface area contributed by atoms with Crippen molar-refractivity contribution >= 4 is 38.6 Å². The molecule has 194 valence electrons. The quantitative estimate of drug-likeness (QED) is 0.235. The number of carbonyl (C=O) groups is 1. The molecular formula is C29H32ClN3O3S. The highest BCUT2D eigenvalue weighted by Gasteiger charge is 2.18. The molecule has 0 fully saturated rings. The summed E-state index contributed by atoms with van der Waals surface area (Å²) in [7, 11) is -3.68. The summed E-state index contributed by atoms with van der Waals surface area (Å²) in [5.74, 6) is 0.0830. The average molecular weight is 538 g/mol. The fourth-order valence-electron chi connectivity index (χ4n) is 4.36. The molecule has 1 N–H and O–H groups in total. The first-order valence-corrected chi connectivity index (χ1v) is 14.6. The van der Waals surface area contributed by atoms with Gasteiger partial charge in [-0.1, -0.05) is 73.8 Å². The normalized spacial score (nSPS) is 11.6. The monoisotopic (exact) mass is 537 g/mol. The van der Waals surface area contributed by atoms with Crippen molar-refractivity contribution in [1.29, 1.82) is 0 Å². The SMILES string of the molecule is CCCCCS(=O)(=O)NC(=O)c1ccc2nc(C)n(Cc3ccc(CCc4ccccc4)cc3Cl)c2c1. The number of sulfonamides is 1. The van der Waals surface area contributed by atoms with Crippen LogP contribution in [-0.4, -0.2) is 29.6 Å². The van der Waals surface area contributed by atoms with Crippen molar-refractivity contribution in [2.45, 2.75) is 52.5 Å². The highest BCUT2D eigenvalue weighted by atomic mass is 35.5. The molecule has 37 heavy (non-hydrogen) atoms. The van der Waals surface area contributed by atoms with E-state index < -0.39 is 15.9 Å². The van der Waals surface area contributed by atoms with Crippen molar-refractivity contribution in [3.05, 3.63) is 99.8 Å². The van der Waals surface area contributed by atoms with Crippen LogP contribution in [0.5, 0.6) is 0 Å². The van der Waals surface area contributed by atoms with E-state index in [2.05, 4.69) is 27.9 Å². The number of aromatic nitrogens is 2. The lowest BCUT2D eigenvalue weighted by atomic mass is 10.0. The van der Waals surface area contributed by atoms with Gasteiger partial charge in [0.1, 0.15) is 5.82 Å². The molecule has 4 aromatic rings. The number of imidazole rings is 1. The molecule has 1 heterocycles. The van der Waals surface area contributed by atoms with Crippen LogP contribution in [0.1, 0.15) is 59.1 Å². The van der Waals surface area contributed by atoms with Gasteiger partial charge < -0.3 is 4.57 Å². The van der Waals surface area contributed by atoms with Gasteiger partial charge in [0.25, 0.3) is 5.91 Å². The van der Waals surface area contributed by atoms with Gasteiger partial charge in [0.2, 0.25) is 10.0 Å². The molecule has 0 aliphatic rings. The number of amides is 1. The lowest BCUT2D eigenvalue weighted by Gasteiger charge is -2.12. The van der Waals surface area contributed by atoms with Crippen LogP contribution < -0.4 is 4.72 Å². The predicted octanol–water partition coefficient (Wildman–Crippen LogP) is 6.08. The van der Waals surface area contributed by atoms with E-state index >= 15 is 0 Å². The maximum Gasteiger partial charge on any atom is 0.264 e. The minimum Gasteiger partial charge on any atom is -0.324 e. The molecule has 1 amide bonds. The maximum absolute atomic E-state index is 12.7. The Hall–Kier alpha value is -3.16. The van der Waals surface area contributed by atoms with Crippen LogP contribution in [-0.2, 0) is 29.4 Å². The number of rotatable bonds is 11. The molecule has 0 aliphatic carbocycles. The number of hydrogen-bond acceptors (Lipinski definition) is 4. The molecule has 3 aromatic carbocycles. The van der Waals surface area contributed by atoms with Crippen LogP contribution in [0.3, 0.4) is 0 Å². The van der Waals surface area contributed by atoms with Gasteiger partial charge in [-0.15, -0.1) is 0 Å². The zero-order valence-corrected chi connectivity index (χ0v) is 22.8. The molecule has 0 saturated carbocycles. The third kappa shape index (κ3) is 6.99. The Balaban J connectivity index is 1.51. The van der Waals surface area contributed by atoms with E-state index in [0.717, 1.165) is 48.1 Å². The molecule has 0 spiro atoms. The Morgan fingerprint density at radius 2 is 1.73 bits per heavy atom. The second-order valence-corrected chi connectivity index (χ2v) is 11.6. The minimum absolute atomic E-state index is 0.0638. The summed E-state index contributed by atoms with van der Waals surface area (Å²) in [5.41, 5.74) is 5.16. The number of nitrogens with zero attached hydrogens (tertiary/aromatic N) is 2. The zero-order chi connectivity index (χ0) is 26.4. The molecule has 6 nitrogen and oxygen atoms in total. The summed E-state index contributed by atoms with van der Waals surface area (Å²) in [5, 5.41) is 0.680. The van der Waals surface area contributed by atoms with E-state index in [1.165, 1.54) is 11.1 Å². The van der Waals surface area contributed by atoms with Crippen molar-refractivity contribution in [1.82, 2.24) is 14.3 Å². The smallest absolute Gasteiger partial charge is 0.264 e. The second kappa shape index (κ2) is 11.9. The first-order valence-electron chi connectivity index (χ1n) is 12.6. The molecule has 8 heteroatoms. The lowest BCUT2D eigenvalue weighted by Crippen LogP contribution is -2.32. The van der Waals surface area contributed by atoms with Gasteiger partial charge in [-0.05, 0) is 67.1 Å². The molecule has 0 radical (unpaired) electrons. The molecule has 0 saturated heterocycles. The molecule has 0 atom stereocenters. The minimum atomic E-state index is -3.68. The Bertz CT molecular complexity index is 1500. The fraction of sp³-hybridized carbons (Fsp3) is 0.310. The van der Waals surface area contributed by atoms with Crippen LogP contribution in [0.4, 0.5) is 0 Å². The maximum atomic E-state index is 12.7.